The molecule has 2 aliphatic heterocycles. The maximum atomic E-state index is 13.0. The molecule has 182 valence electrons. The van der Waals surface area contributed by atoms with Gasteiger partial charge >= 0.3 is 0 Å². The maximum absolute atomic E-state index is 13.0. The molecule has 1 amide bonds. The maximum Gasteiger partial charge on any atom is 0.283 e. The zero-order chi connectivity index (χ0) is 24.5. The summed E-state index contributed by atoms with van der Waals surface area (Å²) in [5.41, 5.74) is 3.48. The molecule has 3 aromatic rings. The Morgan fingerprint density at radius 1 is 1.03 bits per heavy atom. The summed E-state index contributed by atoms with van der Waals surface area (Å²) in [6.45, 7) is 0.732. The van der Waals surface area contributed by atoms with E-state index in [2.05, 4.69) is 45.1 Å². The Bertz CT molecular complexity index is 1410. The fraction of sp³-hybridized carbons (Fsp3) is 0.310. The Labute approximate surface area is 215 Å². The summed E-state index contributed by atoms with van der Waals surface area (Å²) in [5.74, 6) is 0.499. The summed E-state index contributed by atoms with van der Waals surface area (Å²) in [6.07, 6.45) is 12.5. The van der Waals surface area contributed by atoms with Crippen LogP contribution in [0.4, 0.5) is 0 Å². The molecule has 36 heavy (non-hydrogen) atoms. The number of hydrogen-bond acceptors (Lipinski definition) is 4. The Balaban J connectivity index is 1.26. The molecule has 0 bridgehead atoms. The number of nitrogens with one attached hydrogen (secondary N) is 1. The van der Waals surface area contributed by atoms with Crippen LogP contribution in [0.15, 0.2) is 76.5 Å². The number of amidine groups is 2. The van der Waals surface area contributed by atoms with Gasteiger partial charge in [-0.1, -0.05) is 80.6 Å². The number of carbonyl (C=O) groups is 1. The molecular formula is C29H29N5OS. The molecular weight excluding hydrogens is 466 g/mol. The molecule has 1 aromatic heterocycles. The van der Waals surface area contributed by atoms with E-state index in [9.17, 15) is 4.79 Å². The zero-order valence-corrected chi connectivity index (χ0v) is 21.0. The average molecular weight is 496 g/mol. The van der Waals surface area contributed by atoms with Crippen LogP contribution in [-0.2, 0) is 11.3 Å². The van der Waals surface area contributed by atoms with Crippen molar-refractivity contribution in [2.24, 2.45) is 16.0 Å². The van der Waals surface area contributed by atoms with Crippen LogP contribution in [0.3, 0.4) is 0 Å². The summed E-state index contributed by atoms with van der Waals surface area (Å²) in [6, 6.07) is 18.5. The Morgan fingerprint density at radius 2 is 1.81 bits per heavy atom. The fourth-order valence-electron chi connectivity index (χ4n) is 5.39. The van der Waals surface area contributed by atoms with Crippen molar-refractivity contribution in [3.05, 3.63) is 77.5 Å². The quantitative estimate of drug-likeness (QED) is 0.388. The standard InChI is InChI=1S/C29H29N5OS/c30-27-24(28(35)31-29-34(27)32-26(36-29)16-15-20-9-3-1-4-10-20)17-22-19-33(18-21-11-5-2-6-12-21)25-14-8-7-13-23(22)25/h2,5-8,11-14,17,19-20,30H,1,3-4,9-10,15-16,18H2/b24-17-,30-27?. The number of rotatable bonds is 6. The Kier molecular flexibility index (Phi) is 6.32. The van der Waals surface area contributed by atoms with Gasteiger partial charge in [0.05, 0.1) is 5.57 Å². The number of hydrazone groups is 1. The van der Waals surface area contributed by atoms with Crippen LogP contribution >= 0.6 is 11.8 Å². The summed E-state index contributed by atoms with van der Waals surface area (Å²) in [5, 5.41) is 17.5. The SMILES string of the molecule is N=C1/C(=C/c2cn(Cc3ccccc3)c3ccccc23)C(=O)N=C2SC(CCC3CCCCC3)=NN12. The van der Waals surface area contributed by atoms with Crippen LogP contribution in [0, 0.1) is 11.3 Å². The van der Waals surface area contributed by atoms with Crippen molar-refractivity contribution in [2.45, 2.75) is 51.5 Å². The van der Waals surface area contributed by atoms with E-state index in [0.717, 1.165) is 46.8 Å². The van der Waals surface area contributed by atoms with Crippen LogP contribution in [0.5, 0.6) is 0 Å². The first kappa shape index (κ1) is 23.0. The number of benzene rings is 2. The monoisotopic (exact) mass is 495 g/mol. The molecule has 0 atom stereocenters. The van der Waals surface area contributed by atoms with Gasteiger partial charge in [0.15, 0.2) is 5.84 Å². The molecule has 6 nitrogen and oxygen atoms in total. The van der Waals surface area contributed by atoms with Crippen molar-refractivity contribution < 1.29 is 4.79 Å². The number of carbonyl (C=O) groups excluding carboxylic acids is 1. The van der Waals surface area contributed by atoms with E-state index in [1.54, 1.807) is 6.08 Å². The first-order valence-corrected chi connectivity index (χ1v) is 13.6. The second-order valence-corrected chi connectivity index (χ2v) is 10.8. The fourth-order valence-corrected chi connectivity index (χ4v) is 6.29. The van der Waals surface area contributed by atoms with Crippen LogP contribution in [0.2, 0.25) is 0 Å². The third kappa shape index (κ3) is 4.55. The smallest absolute Gasteiger partial charge is 0.283 e. The van der Waals surface area contributed by atoms with Gasteiger partial charge in [-0.2, -0.15) is 15.1 Å². The van der Waals surface area contributed by atoms with Gasteiger partial charge in [0.1, 0.15) is 5.04 Å². The zero-order valence-electron chi connectivity index (χ0n) is 20.2. The second-order valence-electron chi connectivity index (χ2n) is 9.77. The van der Waals surface area contributed by atoms with Gasteiger partial charge < -0.3 is 4.57 Å². The van der Waals surface area contributed by atoms with E-state index in [1.165, 1.54) is 54.4 Å². The highest BCUT2D eigenvalue weighted by Crippen LogP contribution is 2.34. The molecule has 0 spiro atoms. The lowest BCUT2D eigenvalue weighted by atomic mass is 9.86. The number of amides is 1. The molecule has 3 heterocycles. The molecule has 1 saturated carbocycles. The minimum atomic E-state index is -0.373. The van der Waals surface area contributed by atoms with Crippen molar-refractivity contribution in [3.63, 3.8) is 0 Å². The topological polar surface area (TPSA) is 73.8 Å². The highest BCUT2D eigenvalue weighted by Gasteiger charge is 2.35. The Morgan fingerprint density at radius 3 is 2.64 bits per heavy atom. The molecule has 1 fully saturated rings. The van der Waals surface area contributed by atoms with E-state index in [4.69, 9.17) is 5.41 Å². The summed E-state index contributed by atoms with van der Waals surface area (Å²) >= 11 is 1.44. The summed E-state index contributed by atoms with van der Waals surface area (Å²) in [4.78, 5) is 17.3. The average Bonchev–Trinajstić information content (AvgIpc) is 3.48. The number of fused-ring (bicyclic) bond motifs is 2. The predicted molar refractivity (Wildman–Crippen MR) is 148 cm³/mol. The number of thioether (sulfide) groups is 1. The van der Waals surface area contributed by atoms with Gasteiger partial charge in [-0.15, -0.1) is 0 Å². The van der Waals surface area contributed by atoms with Gasteiger partial charge in [-0.05, 0) is 48.2 Å². The lowest BCUT2D eigenvalue weighted by Crippen LogP contribution is -2.35. The third-order valence-electron chi connectivity index (χ3n) is 7.30. The first-order valence-electron chi connectivity index (χ1n) is 12.8. The molecule has 0 saturated heterocycles. The highest BCUT2D eigenvalue weighted by molar-refractivity contribution is 8.26. The van der Waals surface area contributed by atoms with Crippen LogP contribution in [-0.4, -0.2) is 31.5 Å². The third-order valence-corrected chi connectivity index (χ3v) is 8.27. The number of aromatic nitrogens is 1. The molecule has 0 unspecified atom stereocenters. The minimum Gasteiger partial charge on any atom is -0.342 e. The molecule has 1 aliphatic carbocycles. The largest absolute Gasteiger partial charge is 0.342 e. The van der Waals surface area contributed by atoms with E-state index in [0.29, 0.717) is 5.17 Å². The number of hydrogen-bond donors (Lipinski definition) is 1. The lowest BCUT2D eigenvalue weighted by molar-refractivity contribution is -0.114. The van der Waals surface area contributed by atoms with Crippen molar-refractivity contribution in [1.29, 1.82) is 5.41 Å². The van der Waals surface area contributed by atoms with Gasteiger partial charge in [0.25, 0.3) is 5.91 Å². The highest BCUT2D eigenvalue weighted by atomic mass is 32.2. The van der Waals surface area contributed by atoms with Gasteiger partial charge in [0, 0.05) is 29.2 Å². The van der Waals surface area contributed by atoms with Crippen LogP contribution in [0.1, 0.15) is 56.1 Å². The second kappa shape index (κ2) is 9.90. The van der Waals surface area contributed by atoms with Gasteiger partial charge in [0.2, 0.25) is 5.17 Å². The molecule has 3 aliphatic rings. The van der Waals surface area contributed by atoms with Crippen molar-refractivity contribution in [2.75, 3.05) is 0 Å². The molecule has 7 heteroatoms. The predicted octanol–water partition coefficient (Wildman–Crippen LogP) is 6.67. The van der Waals surface area contributed by atoms with E-state index >= 15 is 0 Å². The first-order chi connectivity index (χ1) is 17.7. The van der Waals surface area contributed by atoms with Gasteiger partial charge in [-0.3, -0.25) is 10.2 Å². The van der Waals surface area contributed by atoms with Gasteiger partial charge in [-0.25, -0.2) is 0 Å². The lowest BCUT2D eigenvalue weighted by Gasteiger charge is -2.20. The number of nitrogens with zero attached hydrogens (tertiary/aromatic N) is 4. The Hall–Kier alpha value is -3.45. The van der Waals surface area contributed by atoms with Crippen LogP contribution < -0.4 is 0 Å². The van der Waals surface area contributed by atoms with Crippen molar-refractivity contribution in [3.8, 4) is 0 Å². The minimum absolute atomic E-state index is 0.102. The van der Waals surface area contributed by atoms with E-state index in [-0.39, 0.29) is 17.3 Å². The molecule has 1 N–H and O–H groups in total. The molecule has 6 rings (SSSR count). The van der Waals surface area contributed by atoms with E-state index < -0.39 is 0 Å². The summed E-state index contributed by atoms with van der Waals surface area (Å²) in [7, 11) is 0. The number of para-hydroxylation sites is 1. The van der Waals surface area contributed by atoms with E-state index in [1.807, 2.05) is 30.3 Å². The van der Waals surface area contributed by atoms with Crippen molar-refractivity contribution in [1.82, 2.24) is 9.58 Å². The molecule has 0 radical (unpaired) electrons. The van der Waals surface area contributed by atoms with Crippen LogP contribution in [0.25, 0.3) is 17.0 Å². The summed E-state index contributed by atoms with van der Waals surface area (Å²) < 4.78 is 2.19. The normalized spacial score (nSPS) is 19.7. The van der Waals surface area contributed by atoms with Crippen molar-refractivity contribution >= 4 is 50.7 Å². The molecule has 2 aromatic carbocycles. The number of aliphatic imine (C=N–C) groups is 1.